The summed E-state index contributed by atoms with van der Waals surface area (Å²) in [4.78, 5) is 41.0. The molecule has 2 aromatic rings. The van der Waals surface area contributed by atoms with Crippen molar-refractivity contribution in [1.29, 1.82) is 0 Å². The number of hydrogen-bond acceptors (Lipinski definition) is 7. The van der Waals surface area contributed by atoms with E-state index in [1.165, 1.54) is 0 Å². The summed E-state index contributed by atoms with van der Waals surface area (Å²) in [7, 11) is 2.09. The predicted octanol–water partition coefficient (Wildman–Crippen LogP) is 1.28. The van der Waals surface area contributed by atoms with E-state index in [1.807, 2.05) is 23.1 Å². The maximum absolute atomic E-state index is 13.6. The van der Waals surface area contributed by atoms with Gasteiger partial charge in [-0.05, 0) is 44.2 Å². The van der Waals surface area contributed by atoms with Gasteiger partial charge < -0.3 is 30.5 Å². The molecule has 0 radical (unpaired) electrons. The van der Waals surface area contributed by atoms with Crippen molar-refractivity contribution in [2.45, 2.75) is 18.3 Å². The summed E-state index contributed by atoms with van der Waals surface area (Å²) < 4.78 is 5.52. The Bertz CT molecular complexity index is 1060. The fourth-order valence-electron chi connectivity index (χ4n) is 4.62. The molecule has 2 saturated heterocycles. The molecule has 0 bridgehead atoms. The van der Waals surface area contributed by atoms with Gasteiger partial charge in [0, 0.05) is 56.6 Å². The van der Waals surface area contributed by atoms with Crippen molar-refractivity contribution in [3.8, 4) is 11.4 Å². The van der Waals surface area contributed by atoms with Crippen LogP contribution in [0.3, 0.4) is 0 Å². The number of primary amides is 1. The number of benzene rings is 1. The Hall–Kier alpha value is -3.24. The van der Waals surface area contributed by atoms with E-state index in [9.17, 15) is 9.59 Å². The van der Waals surface area contributed by atoms with Gasteiger partial charge in [-0.3, -0.25) is 4.79 Å². The lowest BCUT2D eigenvalue weighted by Gasteiger charge is -2.35. The second kappa shape index (κ2) is 9.19. The summed E-state index contributed by atoms with van der Waals surface area (Å²) in [6, 6.07) is 8.64. The van der Waals surface area contributed by atoms with Crippen molar-refractivity contribution in [1.82, 2.24) is 19.8 Å². The molecule has 3 amide bonds. The number of nitrogens with one attached hydrogen (secondary N) is 1. The number of rotatable bonds is 5. The van der Waals surface area contributed by atoms with Gasteiger partial charge in [0.1, 0.15) is 5.82 Å². The van der Waals surface area contributed by atoms with E-state index in [0.717, 1.165) is 69.2 Å². The molecular weight excluding hydrogens is 434 g/mol. The summed E-state index contributed by atoms with van der Waals surface area (Å²) in [5.74, 6) is 1.57. The van der Waals surface area contributed by atoms with Crippen molar-refractivity contribution in [3.63, 3.8) is 0 Å². The number of hydrogen-bond donors (Lipinski definition) is 2. The zero-order valence-electron chi connectivity index (χ0n) is 19.5. The van der Waals surface area contributed by atoms with Crippen LogP contribution in [0.4, 0.5) is 16.3 Å². The predicted molar refractivity (Wildman–Crippen MR) is 129 cm³/mol. The Labute approximate surface area is 199 Å². The smallest absolute Gasteiger partial charge is 0.316 e. The minimum Gasteiger partial charge on any atom is -0.378 e. The SMILES string of the molecule is CN1CCN(C(=O)C2(c3cc(N4CCOCC4)nc(-c4ccc(NC(N)=O)cc4)n3)CC2)CC1. The molecule has 3 aliphatic rings. The topological polar surface area (TPSA) is 117 Å². The van der Waals surface area contributed by atoms with Crippen molar-refractivity contribution < 1.29 is 14.3 Å². The Morgan fingerprint density at radius 2 is 1.68 bits per heavy atom. The number of piperazine rings is 1. The lowest BCUT2D eigenvalue weighted by Crippen LogP contribution is -2.50. The average Bonchev–Trinajstić information content (AvgIpc) is 3.67. The number of urea groups is 1. The van der Waals surface area contributed by atoms with Crippen molar-refractivity contribution in [2.24, 2.45) is 5.73 Å². The minimum absolute atomic E-state index is 0.180. The van der Waals surface area contributed by atoms with E-state index in [1.54, 1.807) is 12.1 Å². The van der Waals surface area contributed by atoms with E-state index in [0.29, 0.717) is 24.7 Å². The highest BCUT2D eigenvalue weighted by Crippen LogP contribution is 2.50. The van der Waals surface area contributed by atoms with Gasteiger partial charge in [0.25, 0.3) is 0 Å². The van der Waals surface area contributed by atoms with Gasteiger partial charge in [-0.2, -0.15) is 0 Å². The first-order chi connectivity index (χ1) is 16.4. The van der Waals surface area contributed by atoms with Gasteiger partial charge in [-0.25, -0.2) is 14.8 Å². The van der Waals surface area contributed by atoms with Crippen molar-refractivity contribution in [2.75, 3.05) is 69.7 Å². The number of ether oxygens (including phenoxy) is 1. The Morgan fingerprint density at radius 1 is 1.00 bits per heavy atom. The molecule has 180 valence electrons. The van der Waals surface area contributed by atoms with Crippen LogP contribution < -0.4 is 16.0 Å². The molecule has 3 N–H and O–H groups in total. The summed E-state index contributed by atoms with van der Waals surface area (Å²) in [5.41, 5.74) is 6.86. The van der Waals surface area contributed by atoms with E-state index in [4.69, 9.17) is 20.4 Å². The molecule has 0 spiro atoms. The van der Waals surface area contributed by atoms with Crippen LogP contribution in [0.15, 0.2) is 30.3 Å². The fraction of sp³-hybridized carbons (Fsp3) is 0.500. The molecule has 2 aliphatic heterocycles. The molecule has 3 fully saturated rings. The van der Waals surface area contributed by atoms with Gasteiger partial charge in [-0.1, -0.05) is 0 Å². The van der Waals surface area contributed by atoms with Crippen LogP contribution in [0.1, 0.15) is 18.5 Å². The van der Waals surface area contributed by atoms with Crippen LogP contribution in [-0.4, -0.2) is 91.2 Å². The lowest BCUT2D eigenvalue weighted by atomic mass is 9.98. The first-order valence-electron chi connectivity index (χ1n) is 11.8. The van der Waals surface area contributed by atoms with E-state index < -0.39 is 11.4 Å². The normalized spacial score (nSPS) is 20.1. The van der Waals surface area contributed by atoms with Crippen LogP contribution in [0.25, 0.3) is 11.4 Å². The van der Waals surface area contributed by atoms with Gasteiger partial charge in [0.05, 0.1) is 24.3 Å². The van der Waals surface area contributed by atoms with Gasteiger partial charge in [-0.15, -0.1) is 0 Å². The fourth-order valence-corrected chi connectivity index (χ4v) is 4.62. The second-order valence-electron chi connectivity index (χ2n) is 9.28. The summed E-state index contributed by atoms with van der Waals surface area (Å²) in [5, 5.41) is 2.57. The van der Waals surface area contributed by atoms with Gasteiger partial charge >= 0.3 is 6.03 Å². The second-order valence-corrected chi connectivity index (χ2v) is 9.28. The zero-order chi connectivity index (χ0) is 23.7. The molecule has 0 unspecified atom stereocenters. The highest BCUT2D eigenvalue weighted by Gasteiger charge is 2.55. The van der Waals surface area contributed by atoms with Crippen LogP contribution in [-0.2, 0) is 14.9 Å². The van der Waals surface area contributed by atoms with Crippen LogP contribution in [0.2, 0.25) is 0 Å². The summed E-state index contributed by atoms with van der Waals surface area (Å²) in [6.45, 7) is 6.07. The molecule has 3 heterocycles. The monoisotopic (exact) mass is 465 g/mol. The minimum atomic E-state index is -0.612. The molecule has 0 atom stereocenters. The summed E-state index contributed by atoms with van der Waals surface area (Å²) in [6.07, 6.45) is 1.61. The lowest BCUT2D eigenvalue weighted by molar-refractivity contribution is -0.135. The van der Waals surface area contributed by atoms with Crippen molar-refractivity contribution >= 4 is 23.4 Å². The number of nitrogens with zero attached hydrogens (tertiary/aromatic N) is 5. The molecule has 10 heteroatoms. The molecule has 1 aliphatic carbocycles. The zero-order valence-corrected chi connectivity index (χ0v) is 19.5. The highest BCUT2D eigenvalue weighted by molar-refractivity contribution is 5.91. The molecular formula is C24H31N7O3. The molecule has 5 rings (SSSR count). The Morgan fingerprint density at radius 3 is 2.29 bits per heavy atom. The summed E-state index contributed by atoms with van der Waals surface area (Å²) >= 11 is 0. The standard InChI is InChI=1S/C24H31N7O3/c1-29-8-10-31(11-9-29)22(32)24(6-7-24)19-16-20(30-12-14-34-15-13-30)28-21(27-19)17-2-4-18(5-3-17)26-23(25)33/h2-5,16H,6-15H2,1H3,(H3,25,26,33). The third kappa shape index (κ3) is 4.55. The van der Waals surface area contributed by atoms with Crippen LogP contribution >= 0.6 is 0 Å². The van der Waals surface area contributed by atoms with Crippen LogP contribution in [0, 0.1) is 0 Å². The number of morpholine rings is 1. The maximum Gasteiger partial charge on any atom is 0.316 e. The number of nitrogens with two attached hydrogens (primary N) is 1. The number of amides is 3. The van der Waals surface area contributed by atoms with Crippen molar-refractivity contribution in [3.05, 3.63) is 36.0 Å². The van der Waals surface area contributed by atoms with Gasteiger partial charge in [0.15, 0.2) is 5.82 Å². The highest BCUT2D eigenvalue weighted by atomic mass is 16.5. The number of carbonyl (C=O) groups is 2. The molecule has 1 saturated carbocycles. The number of likely N-dealkylation sites (N-methyl/N-ethyl adjacent to an activating group) is 1. The van der Waals surface area contributed by atoms with E-state index in [-0.39, 0.29) is 5.91 Å². The Kier molecular flexibility index (Phi) is 6.09. The third-order valence-corrected chi connectivity index (χ3v) is 6.90. The number of anilines is 2. The Balaban J connectivity index is 1.49. The maximum atomic E-state index is 13.6. The average molecular weight is 466 g/mol. The van der Waals surface area contributed by atoms with Gasteiger partial charge in [0.2, 0.25) is 5.91 Å². The number of carbonyl (C=O) groups excluding carboxylic acids is 2. The molecule has 1 aromatic carbocycles. The quantitative estimate of drug-likeness (QED) is 0.683. The van der Waals surface area contributed by atoms with E-state index in [2.05, 4.69) is 22.2 Å². The molecule has 34 heavy (non-hydrogen) atoms. The number of aromatic nitrogens is 2. The van der Waals surface area contributed by atoms with Crippen LogP contribution in [0.5, 0.6) is 0 Å². The molecule has 10 nitrogen and oxygen atoms in total. The third-order valence-electron chi connectivity index (χ3n) is 6.90. The first-order valence-corrected chi connectivity index (χ1v) is 11.8. The first kappa shape index (κ1) is 22.5. The molecule has 1 aromatic heterocycles. The largest absolute Gasteiger partial charge is 0.378 e. The van der Waals surface area contributed by atoms with E-state index >= 15 is 0 Å².